The Balaban J connectivity index is 2.49. The van der Waals surface area contributed by atoms with Crippen molar-refractivity contribution in [3.05, 3.63) is 59.2 Å². The number of para-hydroxylation sites is 1. The van der Waals surface area contributed by atoms with Gasteiger partial charge in [0.15, 0.2) is 11.5 Å². The Bertz CT molecular complexity index is 778. The lowest BCUT2D eigenvalue weighted by Crippen LogP contribution is -1.93. The van der Waals surface area contributed by atoms with Crippen molar-refractivity contribution in [3.8, 4) is 23.6 Å². The Morgan fingerprint density at radius 2 is 1.73 bits per heavy atom. The van der Waals surface area contributed by atoms with Crippen LogP contribution in [0.1, 0.15) is 16.7 Å². The zero-order chi connectivity index (χ0) is 15.9. The van der Waals surface area contributed by atoms with Crippen LogP contribution in [0.4, 0.5) is 0 Å². The average Bonchev–Trinajstić information content (AvgIpc) is 2.59. The molecule has 0 aliphatic rings. The fourth-order valence-electron chi connectivity index (χ4n) is 2.09. The summed E-state index contributed by atoms with van der Waals surface area (Å²) in [6.45, 7) is 0. The molecule has 4 nitrogen and oxygen atoms in total. The van der Waals surface area contributed by atoms with Gasteiger partial charge >= 0.3 is 0 Å². The summed E-state index contributed by atoms with van der Waals surface area (Å²) in [4.78, 5) is 0. The van der Waals surface area contributed by atoms with Crippen LogP contribution in [0.25, 0.3) is 11.6 Å². The van der Waals surface area contributed by atoms with Crippen LogP contribution in [0.2, 0.25) is 0 Å². The molecule has 0 heterocycles. The van der Waals surface area contributed by atoms with Gasteiger partial charge in [0.25, 0.3) is 0 Å². The van der Waals surface area contributed by atoms with Gasteiger partial charge in [-0.25, -0.2) is 0 Å². The SMILES string of the molecule is COc1cccc(/C=C(\C#N)c2ccc(C#N)cc2)c1OC. The van der Waals surface area contributed by atoms with E-state index in [9.17, 15) is 5.26 Å². The monoisotopic (exact) mass is 290 g/mol. The molecule has 0 fully saturated rings. The van der Waals surface area contributed by atoms with E-state index in [-0.39, 0.29) is 0 Å². The van der Waals surface area contributed by atoms with Crippen molar-refractivity contribution >= 4 is 11.6 Å². The minimum absolute atomic E-state index is 0.482. The Morgan fingerprint density at radius 3 is 2.27 bits per heavy atom. The minimum Gasteiger partial charge on any atom is -0.493 e. The molecule has 2 rings (SSSR count). The molecule has 22 heavy (non-hydrogen) atoms. The molecule has 0 bridgehead atoms. The molecule has 2 aromatic carbocycles. The van der Waals surface area contributed by atoms with Gasteiger partial charge in [-0.1, -0.05) is 24.3 Å². The van der Waals surface area contributed by atoms with Crippen molar-refractivity contribution in [2.75, 3.05) is 14.2 Å². The quantitative estimate of drug-likeness (QED) is 0.637. The topological polar surface area (TPSA) is 66.0 Å². The van der Waals surface area contributed by atoms with Crippen LogP contribution >= 0.6 is 0 Å². The van der Waals surface area contributed by atoms with E-state index in [2.05, 4.69) is 12.1 Å². The molecule has 0 aliphatic carbocycles. The summed E-state index contributed by atoms with van der Waals surface area (Å²) >= 11 is 0. The number of nitriles is 2. The van der Waals surface area contributed by atoms with E-state index < -0.39 is 0 Å². The van der Waals surface area contributed by atoms with Gasteiger partial charge in [-0.3, -0.25) is 0 Å². The van der Waals surface area contributed by atoms with E-state index in [1.54, 1.807) is 50.6 Å². The first-order valence-electron chi connectivity index (χ1n) is 6.56. The van der Waals surface area contributed by atoms with Crippen molar-refractivity contribution in [2.45, 2.75) is 0 Å². The summed E-state index contributed by atoms with van der Waals surface area (Å²) in [5.41, 5.74) is 2.53. The largest absolute Gasteiger partial charge is 0.493 e. The third-order valence-electron chi connectivity index (χ3n) is 3.18. The standard InChI is InChI=1S/C18H14N2O2/c1-21-17-5-3-4-15(18(17)22-2)10-16(12-20)14-8-6-13(11-19)7-9-14/h3-10H,1-2H3/b16-10+. The zero-order valence-electron chi connectivity index (χ0n) is 12.3. The molecular formula is C18H14N2O2. The number of hydrogen-bond acceptors (Lipinski definition) is 4. The minimum atomic E-state index is 0.482. The molecule has 0 unspecified atom stereocenters. The normalized spacial score (nSPS) is 10.5. The Kier molecular flexibility index (Phi) is 4.80. The maximum Gasteiger partial charge on any atom is 0.167 e. The van der Waals surface area contributed by atoms with E-state index in [0.717, 1.165) is 11.1 Å². The van der Waals surface area contributed by atoms with E-state index in [1.165, 1.54) is 0 Å². The smallest absolute Gasteiger partial charge is 0.167 e. The number of hydrogen-bond donors (Lipinski definition) is 0. The number of ether oxygens (including phenoxy) is 2. The number of methoxy groups -OCH3 is 2. The van der Waals surface area contributed by atoms with Crippen LogP contribution in [0.3, 0.4) is 0 Å². The third kappa shape index (κ3) is 3.08. The van der Waals surface area contributed by atoms with E-state index in [0.29, 0.717) is 22.6 Å². The summed E-state index contributed by atoms with van der Waals surface area (Å²) in [7, 11) is 3.13. The molecule has 108 valence electrons. The molecule has 0 atom stereocenters. The van der Waals surface area contributed by atoms with Gasteiger partial charge in [-0.15, -0.1) is 0 Å². The summed E-state index contributed by atoms with van der Waals surface area (Å²) < 4.78 is 10.6. The molecule has 0 aromatic heterocycles. The zero-order valence-corrected chi connectivity index (χ0v) is 12.3. The lowest BCUT2D eigenvalue weighted by atomic mass is 10.0. The molecule has 0 spiro atoms. The lowest BCUT2D eigenvalue weighted by molar-refractivity contribution is 0.354. The van der Waals surface area contributed by atoms with Crippen molar-refractivity contribution in [2.24, 2.45) is 0 Å². The van der Waals surface area contributed by atoms with Crippen molar-refractivity contribution in [1.82, 2.24) is 0 Å². The first-order chi connectivity index (χ1) is 10.7. The molecule has 0 aliphatic heterocycles. The predicted octanol–water partition coefficient (Wildman–Crippen LogP) is 3.64. The van der Waals surface area contributed by atoms with Crippen LogP contribution in [0.5, 0.6) is 11.5 Å². The van der Waals surface area contributed by atoms with Crippen molar-refractivity contribution in [3.63, 3.8) is 0 Å². The fourth-order valence-corrected chi connectivity index (χ4v) is 2.09. The second-order valence-corrected chi connectivity index (χ2v) is 4.44. The van der Waals surface area contributed by atoms with Gasteiger partial charge in [0, 0.05) is 5.56 Å². The molecular weight excluding hydrogens is 276 g/mol. The Labute approximate surface area is 129 Å². The Hall–Kier alpha value is -3.24. The van der Waals surface area contributed by atoms with Crippen molar-refractivity contribution < 1.29 is 9.47 Å². The van der Waals surface area contributed by atoms with Crippen molar-refractivity contribution in [1.29, 1.82) is 10.5 Å². The highest BCUT2D eigenvalue weighted by molar-refractivity contribution is 5.91. The molecule has 0 radical (unpaired) electrons. The number of rotatable bonds is 4. The van der Waals surface area contributed by atoms with Crippen LogP contribution in [-0.4, -0.2) is 14.2 Å². The molecule has 0 saturated heterocycles. The molecule has 2 aromatic rings. The highest BCUT2D eigenvalue weighted by Gasteiger charge is 2.09. The van der Waals surface area contributed by atoms with Crippen LogP contribution in [-0.2, 0) is 0 Å². The van der Waals surface area contributed by atoms with Gasteiger partial charge in [0.05, 0.1) is 37.5 Å². The molecule has 4 heteroatoms. The van der Waals surface area contributed by atoms with Crippen LogP contribution in [0, 0.1) is 22.7 Å². The number of nitrogens with zero attached hydrogens (tertiary/aromatic N) is 2. The summed E-state index contributed by atoms with van der Waals surface area (Å²) in [5.74, 6) is 1.18. The van der Waals surface area contributed by atoms with E-state index in [4.69, 9.17) is 14.7 Å². The lowest BCUT2D eigenvalue weighted by Gasteiger charge is -2.10. The second-order valence-electron chi connectivity index (χ2n) is 4.44. The molecule has 0 amide bonds. The number of benzene rings is 2. The maximum atomic E-state index is 9.40. The van der Waals surface area contributed by atoms with Gasteiger partial charge in [-0.2, -0.15) is 10.5 Å². The molecule has 0 saturated carbocycles. The first-order valence-corrected chi connectivity index (χ1v) is 6.56. The van der Waals surface area contributed by atoms with Gasteiger partial charge in [0.2, 0.25) is 0 Å². The van der Waals surface area contributed by atoms with E-state index >= 15 is 0 Å². The van der Waals surface area contributed by atoms with Crippen LogP contribution < -0.4 is 9.47 Å². The summed E-state index contributed by atoms with van der Waals surface area (Å²) in [6, 6.07) is 16.6. The van der Waals surface area contributed by atoms with Gasteiger partial charge < -0.3 is 9.47 Å². The maximum absolute atomic E-state index is 9.40. The average molecular weight is 290 g/mol. The second kappa shape index (κ2) is 6.97. The predicted molar refractivity (Wildman–Crippen MR) is 84.2 cm³/mol. The number of allylic oxidation sites excluding steroid dienone is 1. The van der Waals surface area contributed by atoms with Gasteiger partial charge in [0.1, 0.15) is 0 Å². The molecule has 0 N–H and O–H groups in total. The summed E-state index contributed by atoms with van der Waals surface area (Å²) in [5, 5.41) is 18.2. The first kappa shape index (κ1) is 15.2. The highest BCUT2D eigenvalue weighted by atomic mass is 16.5. The Morgan fingerprint density at radius 1 is 1.00 bits per heavy atom. The fraction of sp³-hybridized carbons (Fsp3) is 0.111. The van der Waals surface area contributed by atoms with Crippen LogP contribution in [0.15, 0.2) is 42.5 Å². The third-order valence-corrected chi connectivity index (χ3v) is 3.18. The van der Waals surface area contributed by atoms with E-state index in [1.807, 2.05) is 12.1 Å². The summed E-state index contributed by atoms with van der Waals surface area (Å²) in [6.07, 6.45) is 1.74. The van der Waals surface area contributed by atoms with Gasteiger partial charge in [-0.05, 0) is 29.8 Å². The highest BCUT2D eigenvalue weighted by Crippen LogP contribution is 2.33.